The largest absolute Gasteiger partial charge is 0.616 e. The first-order chi connectivity index (χ1) is 16.3. The molecule has 16 heteroatoms. The number of carbonyl (C=O) groups is 3. The molecule has 12 nitrogen and oxygen atoms in total. The molecule has 2 amide bonds. The number of hydrogen-bond donors (Lipinski definition) is 2. The number of hydrogen-bond acceptors (Lipinski definition) is 11. The number of amides is 2. The van der Waals surface area contributed by atoms with Gasteiger partial charge in [-0.2, -0.15) is 0 Å². The first kappa shape index (κ1) is 25.0. The Morgan fingerprint density at radius 2 is 2.29 bits per heavy atom. The van der Waals surface area contributed by atoms with Crippen LogP contribution in [0.15, 0.2) is 33.9 Å². The van der Waals surface area contributed by atoms with E-state index < -0.39 is 40.1 Å². The van der Waals surface area contributed by atoms with E-state index in [1.165, 1.54) is 46.7 Å². The number of tetrazole rings is 1. The average Bonchev–Trinajstić information content (AvgIpc) is 3.46. The van der Waals surface area contributed by atoms with E-state index in [1.54, 1.807) is 7.05 Å². The minimum atomic E-state index is -1.72. The normalized spacial score (nSPS) is 22.9. The first-order valence-corrected chi connectivity index (χ1v) is 14.2. The second kappa shape index (κ2) is 10.2. The predicted molar refractivity (Wildman–Crippen MR) is 126 cm³/mol. The maximum atomic E-state index is 13.1. The molecule has 34 heavy (non-hydrogen) atoms. The molecule has 182 valence electrons. The summed E-state index contributed by atoms with van der Waals surface area (Å²) in [5, 5.41) is 25.2. The van der Waals surface area contributed by atoms with Crippen LogP contribution in [0.5, 0.6) is 0 Å². The fraction of sp³-hybridized carbons (Fsp3) is 0.444. The van der Waals surface area contributed by atoms with Crippen LogP contribution in [0.25, 0.3) is 0 Å². The van der Waals surface area contributed by atoms with Gasteiger partial charge in [0.1, 0.15) is 16.8 Å². The van der Waals surface area contributed by atoms with Crippen LogP contribution in [-0.2, 0) is 43.1 Å². The van der Waals surface area contributed by atoms with Crippen molar-refractivity contribution in [2.24, 2.45) is 7.05 Å². The van der Waals surface area contributed by atoms with Gasteiger partial charge in [0.2, 0.25) is 5.16 Å². The van der Waals surface area contributed by atoms with Crippen LogP contribution in [0.3, 0.4) is 0 Å². The number of aryl methyl sites for hydroxylation is 1. The summed E-state index contributed by atoms with van der Waals surface area (Å²) in [7, 11) is 2.94. The number of nitrogens with zero attached hydrogens (tertiary/aromatic N) is 5. The maximum absolute atomic E-state index is 13.1. The smallest absolute Gasteiger partial charge is 0.352 e. The van der Waals surface area contributed by atoms with Gasteiger partial charge in [-0.3, -0.25) is 14.5 Å². The Labute approximate surface area is 209 Å². The molecule has 1 fully saturated rings. The Hall–Kier alpha value is -2.11. The first-order valence-electron chi connectivity index (χ1n) is 9.76. The van der Waals surface area contributed by atoms with Gasteiger partial charge < -0.3 is 19.7 Å². The highest BCUT2D eigenvalue weighted by Crippen LogP contribution is 2.47. The Kier molecular flexibility index (Phi) is 7.54. The van der Waals surface area contributed by atoms with E-state index in [9.17, 15) is 24.0 Å². The molecule has 2 aromatic heterocycles. The number of rotatable bonds is 10. The topological polar surface area (TPSA) is 163 Å². The van der Waals surface area contributed by atoms with E-state index in [1.807, 2.05) is 17.5 Å². The van der Waals surface area contributed by atoms with E-state index in [-0.39, 0.29) is 23.0 Å². The molecular weight excluding hydrogens is 525 g/mol. The van der Waals surface area contributed by atoms with Gasteiger partial charge in [0, 0.05) is 25.7 Å². The number of carbonyl (C=O) groups excluding carboxylic acids is 2. The van der Waals surface area contributed by atoms with E-state index in [0.29, 0.717) is 16.5 Å². The van der Waals surface area contributed by atoms with Crippen molar-refractivity contribution in [3.63, 3.8) is 0 Å². The second-order valence-electron chi connectivity index (χ2n) is 7.27. The van der Waals surface area contributed by atoms with Crippen LogP contribution in [0.2, 0.25) is 0 Å². The van der Waals surface area contributed by atoms with Gasteiger partial charge >= 0.3 is 5.97 Å². The lowest BCUT2D eigenvalue weighted by molar-refractivity contribution is -0.192. The number of nitrogens with one attached hydrogen (secondary N) is 1. The monoisotopic (exact) mass is 544 g/mol. The van der Waals surface area contributed by atoms with Gasteiger partial charge in [-0.1, -0.05) is 17.8 Å². The molecule has 1 saturated heterocycles. The number of thiophene rings is 1. The lowest BCUT2D eigenvalue weighted by Gasteiger charge is -2.55. The molecule has 2 aromatic rings. The van der Waals surface area contributed by atoms with E-state index in [2.05, 4.69) is 20.8 Å². The fourth-order valence-corrected chi connectivity index (χ4v) is 8.01. The quantitative estimate of drug-likeness (QED) is 0.179. The van der Waals surface area contributed by atoms with Crippen molar-refractivity contribution in [3.8, 4) is 0 Å². The molecule has 3 atom stereocenters. The molecule has 0 aliphatic carbocycles. The summed E-state index contributed by atoms with van der Waals surface area (Å²) in [4.78, 5) is 39.8. The highest BCUT2D eigenvalue weighted by atomic mass is 32.2. The van der Waals surface area contributed by atoms with Gasteiger partial charge in [0.05, 0.1) is 4.88 Å². The third-order valence-electron chi connectivity index (χ3n) is 5.09. The van der Waals surface area contributed by atoms with Crippen LogP contribution in [0.1, 0.15) is 4.88 Å². The van der Waals surface area contributed by atoms with E-state index in [0.717, 1.165) is 9.78 Å². The van der Waals surface area contributed by atoms with Gasteiger partial charge in [0.25, 0.3) is 17.5 Å². The zero-order valence-electron chi connectivity index (χ0n) is 18.0. The number of carboxylic acid groups (broad SMARTS) is 1. The number of β-lactam (4-membered cyclic amide) rings is 1. The molecule has 0 bridgehead atoms. The number of fused-ring (bicyclic) bond motifs is 1. The average molecular weight is 545 g/mol. The highest BCUT2D eigenvalue weighted by Gasteiger charge is 2.66. The highest BCUT2D eigenvalue weighted by molar-refractivity contribution is 8.01. The van der Waals surface area contributed by atoms with Crippen molar-refractivity contribution in [3.05, 3.63) is 33.7 Å². The van der Waals surface area contributed by atoms with Crippen molar-refractivity contribution in [2.45, 2.75) is 22.0 Å². The molecule has 2 aliphatic rings. The minimum absolute atomic E-state index is 0.139. The summed E-state index contributed by atoms with van der Waals surface area (Å²) >= 11 is 2.51. The Morgan fingerprint density at radius 1 is 1.50 bits per heavy atom. The molecular formula is C18H20N6O6S4. The minimum Gasteiger partial charge on any atom is -0.616 e. The van der Waals surface area contributed by atoms with Crippen molar-refractivity contribution in [2.75, 3.05) is 24.4 Å². The number of carboxylic acids is 1. The summed E-state index contributed by atoms with van der Waals surface area (Å²) in [5.74, 6) is -2.04. The molecule has 0 radical (unpaired) electrons. The summed E-state index contributed by atoms with van der Waals surface area (Å²) in [5.41, 5.74) is -1.33. The van der Waals surface area contributed by atoms with Gasteiger partial charge in [-0.05, 0) is 38.6 Å². The summed E-state index contributed by atoms with van der Waals surface area (Å²) in [6, 6.07) is 3.67. The van der Waals surface area contributed by atoms with Crippen molar-refractivity contribution >= 4 is 63.8 Å². The van der Waals surface area contributed by atoms with Crippen molar-refractivity contribution < 1.29 is 28.8 Å². The Balaban J connectivity index is 1.46. The summed E-state index contributed by atoms with van der Waals surface area (Å²) in [6.07, 6.45) is 0. The zero-order chi connectivity index (χ0) is 24.5. The summed E-state index contributed by atoms with van der Waals surface area (Å²) in [6.45, 7) is 0. The Bertz CT molecular complexity index is 1120. The fourth-order valence-electron chi connectivity index (χ4n) is 3.54. The SMILES string of the molecule is CO[C@@]1(NC(=O)C[S+]([O-])Cc2cccs2)C(=O)N2C(C(=O)O)=C(CSc3nnnn3C)CS[C@H]21. The standard InChI is InChI=1S/C18H20N6O6S4/c1-23-17(20-21-22-23)33-7-10-6-32-16-18(30-2,15(28)24(16)13(10)14(26)27)19-12(25)9-34(29)8-11-4-3-5-31-11/h3-5,16H,6-9H2,1-2H3,(H,19,25)(H,26,27)/t16-,18-,34?/m0/s1. The molecule has 1 unspecified atom stereocenters. The van der Waals surface area contributed by atoms with Crippen LogP contribution >= 0.6 is 34.9 Å². The molecule has 2 N–H and O–H groups in total. The van der Waals surface area contributed by atoms with Crippen molar-refractivity contribution in [1.82, 2.24) is 30.4 Å². The molecule has 4 heterocycles. The third-order valence-corrected chi connectivity index (χ3v) is 9.84. The molecule has 2 aliphatic heterocycles. The Morgan fingerprint density at radius 3 is 2.91 bits per heavy atom. The van der Waals surface area contributed by atoms with Crippen molar-refractivity contribution in [1.29, 1.82) is 0 Å². The summed E-state index contributed by atoms with van der Waals surface area (Å²) < 4.78 is 19.2. The predicted octanol–water partition coefficient (Wildman–Crippen LogP) is 0.0253. The number of aromatic nitrogens is 4. The van der Waals surface area contributed by atoms with Crippen LogP contribution < -0.4 is 5.32 Å². The van der Waals surface area contributed by atoms with Gasteiger partial charge in [0.15, 0.2) is 5.75 Å². The second-order valence-corrected chi connectivity index (χ2v) is 11.8. The third kappa shape index (κ3) is 4.70. The maximum Gasteiger partial charge on any atom is 0.352 e. The van der Waals surface area contributed by atoms with Crippen LogP contribution in [-0.4, -0.2) is 88.0 Å². The van der Waals surface area contributed by atoms with Crippen LogP contribution in [0, 0.1) is 0 Å². The van der Waals surface area contributed by atoms with E-state index in [4.69, 9.17) is 4.74 Å². The molecule has 4 rings (SSSR count). The number of ether oxygens (including phenoxy) is 1. The number of thioether (sulfide) groups is 2. The number of methoxy groups -OCH3 is 1. The van der Waals surface area contributed by atoms with Crippen LogP contribution in [0.4, 0.5) is 0 Å². The van der Waals surface area contributed by atoms with E-state index >= 15 is 0 Å². The molecule has 0 spiro atoms. The molecule has 0 aromatic carbocycles. The number of aliphatic carboxylic acids is 1. The lowest BCUT2D eigenvalue weighted by Crippen LogP contribution is -2.81. The van der Waals surface area contributed by atoms with Gasteiger partial charge in [-0.15, -0.1) is 28.2 Å². The molecule has 0 saturated carbocycles. The zero-order valence-corrected chi connectivity index (χ0v) is 21.3. The lowest BCUT2D eigenvalue weighted by atomic mass is 9.98. The van der Waals surface area contributed by atoms with Gasteiger partial charge in [-0.25, -0.2) is 9.48 Å².